The van der Waals surface area contributed by atoms with Gasteiger partial charge in [0.25, 0.3) is 5.91 Å². The first-order valence-corrected chi connectivity index (χ1v) is 9.95. The fourth-order valence-electron chi connectivity index (χ4n) is 4.56. The Morgan fingerprint density at radius 1 is 0.964 bits per heavy atom. The predicted molar refractivity (Wildman–Crippen MR) is 105 cm³/mol. The molecule has 1 saturated heterocycles. The van der Waals surface area contributed by atoms with Crippen LogP contribution in [0.3, 0.4) is 0 Å². The molecule has 0 unspecified atom stereocenters. The number of carbonyl (C=O) groups excluding carboxylic acids is 1. The van der Waals surface area contributed by atoms with Crippen molar-refractivity contribution in [3.8, 4) is 0 Å². The second-order valence-corrected chi connectivity index (χ2v) is 7.70. The summed E-state index contributed by atoms with van der Waals surface area (Å²) in [6.45, 7) is 1.51. The van der Waals surface area contributed by atoms with Gasteiger partial charge in [-0.15, -0.1) is 0 Å². The molecule has 1 aliphatic carbocycles. The normalized spacial score (nSPS) is 17.6. The second kappa shape index (κ2) is 7.19. The number of fused-ring (bicyclic) bond motifs is 1. The van der Waals surface area contributed by atoms with E-state index in [1.165, 1.54) is 11.1 Å². The van der Waals surface area contributed by atoms with Gasteiger partial charge in [0.05, 0.1) is 6.04 Å². The lowest BCUT2D eigenvalue weighted by atomic mass is 9.95. The van der Waals surface area contributed by atoms with E-state index >= 15 is 0 Å². The Bertz CT molecular complexity index is 950. The number of hydrogen-bond acceptors (Lipinski definition) is 4. The minimum absolute atomic E-state index is 0.0913. The van der Waals surface area contributed by atoms with Gasteiger partial charge >= 0.3 is 0 Å². The van der Waals surface area contributed by atoms with Crippen LogP contribution in [0.1, 0.15) is 52.1 Å². The van der Waals surface area contributed by atoms with E-state index in [4.69, 9.17) is 0 Å². The average molecular weight is 373 g/mol. The van der Waals surface area contributed by atoms with Crippen LogP contribution in [0.4, 0.5) is 0 Å². The lowest BCUT2D eigenvalue weighted by Crippen LogP contribution is -2.38. The Kier molecular flexibility index (Phi) is 4.39. The molecule has 0 radical (unpaired) electrons. The number of carbonyl (C=O) groups is 1. The summed E-state index contributed by atoms with van der Waals surface area (Å²) in [4.78, 5) is 23.2. The van der Waals surface area contributed by atoms with Crippen molar-refractivity contribution in [3.05, 3.63) is 77.6 Å². The summed E-state index contributed by atoms with van der Waals surface area (Å²) in [6.07, 6.45) is 8.92. The van der Waals surface area contributed by atoms with E-state index in [2.05, 4.69) is 44.0 Å². The minimum atomic E-state index is 0.0913. The molecule has 1 aromatic carbocycles. The van der Waals surface area contributed by atoms with Crippen LogP contribution in [0.25, 0.3) is 0 Å². The van der Waals surface area contributed by atoms with Gasteiger partial charge in [0.15, 0.2) is 0 Å². The molecule has 5 rings (SSSR count). The SMILES string of the molecule is O=C(c1ccncc1)N1CCC(c2ncnn2C2Cc3ccccc3C2)CC1. The molecule has 0 saturated carbocycles. The Balaban J connectivity index is 1.27. The molecule has 0 atom stereocenters. The molecule has 0 bridgehead atoms. The highest BCUT2D eigenvalue weighted by molar-refractivity contribution is 5.94. The van der Waals surface area contributed by atoms with Crippen LogP contribution in [-0.4, -0.2) is 43.6 Å². The van der Waals surface area contributed by atoms with Gasteiger partial charge in [0, 0.05) is 37.0 Å². The van der Waals surface area contributed by atoms with Crippen LogP contribution in [0.15, 0.2) is 55.1 Å². The zero-order valence-corrected chi connectivity index (χ0v) is 15.7. The van der Waals surface area contributed by atoms with Crippen LogP contribution in [-0.2, 0) is 12.8 Å². The summed E-state index contributed by atoms with van der Waals surface area (Å²) in [5, 5.41) is 4.58. The van der Waals surface area contributed by atoms with E-state index in [1.807, 2.05) is 4.90 Å². The highest BCUT2D eigenvalue weighted by Gasteiger charge is 2.31. The molecular formula is C22H23N5O. The Hall–Kier alpha value is -3.02. The maximum atomic E-state index is 12.7. The van der Waals surface area contributed by atoms with Gasteiger partial charge in [-0.1, -0.05) is 24.3 Å². The topological polar surface area (TPSA) is 63.9 Å². The third-order valence-corrected chi connectivity index (χ3v) is 6.05. The van der Waals surface area contributed by atoms with Crippen molar-refractivity contribution in [2.75, 3.05) is 13.1 Å². The highest BCUT2D eigenvalue weighted by atomic mass is 16.2. The van der Waals surface area contributed by atoms with Gasteiger partial charge in [-0.25, -0.2) is 9.67 Å². The van der Waals surface area contributed by atoms with Gasteiger partial charge in [0.2, 0.25) is 0 Å². The first-order valence-electron chi connectivity index (χ1n) is 9.95. The number of pyridine rings is 1. The predicted octanol–water partition coefficient (Wildman–Crippen LogP) is 3.03. The lowest BCUT2D eigenvalue weighted by molar-refractivity contribution is 0.0709. The third kappa shape index (κ3) is 3.09. The molecule has 6 nitrogen and oxygen atoms in total. The number of nitrogens with zero attached hydrogens (tertiary/aromatic N) is 5. The van der Waals surface area contributed by atoms with Crippen LogP contribution in [0.5, 0.6) is 0 Å². The molecule has 2 aromatic heterocycles. The molecule has 6 heteroatoms. The van der Waals surface area contributed by atoms with E-state index in [0.717, 1.165) is 44.6 Å². The van der Waals surface area contributed by atoms with Gasteiger partial charge in [0.1, 0.15) is 12.2 Å². The maximum Gasteiger partial charge on any atom is 0.253 e. The third-order valence-electron chi connectivity index (χ3n) is 6.05. The minimum Gasteiger partial charge on any atom is -0.339 e. The maximum absolute atomic E-state index is 12.7. The molecule has 1 aliphatic heterocycles. The molecule has 2 aliphatic rings. The zero-order valence-electron chi connectivity index (χ0n) is 15.7. The largest absolute Gasteiger partial charge is 0.339 e. The first kappa shape index (κ1) is 17.1. The van der Waals surface area contributed by atoms with Crippen molar-refractivity contribution in [1.82, 2.24) is 24.6 Å². The number of rotatable bonds is 3. The van der Waals surface area contributed by atoms with Crippen LogP contribution >= 0.6 is 0 Å². The van der Waals surface area contributed by atoms with E-state index < -0.39 is 0 Å². The standard InChI is InChI=1S/C22H23N5O/c28-22(17-5-9-23-10-6-17)26-11-7-16(8-12-26)21-24-15-25-27(21)20-13-18-3-1-2-4-19(18)14-20/h1-6,9-10,15-16,20H,7-8,11-14H2. The Morgan fingerprint density at radius 3 is 2.32 bits per heavy atom. The molecule has 3 aromatic rings. The Labute approximate surface area is 164 Å². The molecule has 3 heterocycles. The number of amides is 1. The monoisotopic (exact) mass is 373 g/mol. The molecule has 0 N–H and O–H groups in total. The van der Waals surface area contributed by atoms with Gasteiger partial charge in [-0.3, -0.25) is 9.78 Å². The van der Waals surface area contributed by atoms with Crippen LogP contribution in [0.2, 0.25) is 0 Å². The number of hydrogen-bond donors (Lipinski definition) is 0. The lowest BCUT2D eigenvalue weighted by Gasteiger charge is -2.32. The second-order valence-electron chi connectivity index (χ2n) is 7.70. The fourth-order valence-corrected chi connectivity index (χ4v) is 4.56. The van der Waals surface area contributed by atoms with Crippen molar-refractivity contribution in [2.45, 2.75) is 37.6 Å². The molecule has 28 heavy (non-hydrogen) atoms. The molecule has 1 amide bonds. The first-order chi connectivity index (χ1) is 13.8. The summed E-state index contributed by atoms with van der Waals surface area (Å²) in [6, 6.07) is 12.6. The Morgan fingerprint density at radius 2 is 1.64 bits per heavy atom. The summed E-state index contributed by atoms with van der Waals surface area (Å²) >= 11 is 0. The highest BCUT2D eigenvalue weighted by Crippen LogP contribution is 2.34. The van der Waals surface area contributed by atoms with Crippen LogP contribution in [0, 0.1) is 0 Å². The quantitative estimate of drug-likeness (QED) is 0.708. The summed E-state index contributed by atoms with van der Waals surface area (Å²) in [7, 11) is 0. The average Bonchev–Trinajstić information content (AvgIpc) is 3.41. The van der Waals surface area contributed by atoms with Gasteiger partial charge in [-0.05, 0) is 48.9 Å². The van der Waals surface area contributed by atoms with E-state index in [9.17, 15) is 4.79 Å². The van der Waals surface area contributed by atoms with E-state index in [1.54, 1.807) is 30.9 Å². The number of likely N-dealkylation sites (tertiary alicyclic amines) is 1. The molecule has 0 spiro atoms. The smallest absolute Gasteiger partial charge is 0.253 e. The van der Waals surface area contributed by atoms with Crippen molar-refractivity contribution in [3.63, 3.8) is 0 Å². The van der Waals surface area contributed by atoms with Crippen molar-refractivity contribution in [2.24, 2.45) is 0 Å². The molecule has 1 fully saturated rings. The summed E-state index contributed by atoms with van der Waals surface area (Å²) < 4.78 is 2.14. The molecular weight excluding hydrogens is 350 g/mol. The summed E-state index contributed by atoms with van der Waals surface area (Å²) in [5.41, 5.74) is 3.55. The molecule has 142 valence electrons. The van der Waals surface area contributed by atoms with Crippen molar-refractivity contribution >= 4 is 5.91 Å². The zero-order chi connectivity index (χ0) is 18.9. The van der Waals surface area contributed by atoms with E-state index in [-0.39, 0.29) is 5.91 Å². The fraction of sp³-hybridized carbons (Fsp3) is 0.364. The van der Waals surface area contributed by atoms with E-state index in [0.29, 0.717) is 17.5 Å². The van der Waals surface area contributed by atoms with Crippen molar-refractivity contribution < 1.29 is 4.79 Å². The van der Waals surface area contributed by atoms with Gasteiger partial charge < -0.3 is 4.90 Å². The van der Waals surface area contributed by atoms with Crippen LogP contribution < -0.4 is 0 Å². The summed E-state index contributed by atoms with van der Waals surface area (Å²) in [5.74, 6) is 1.52. The number of piperidine rings is 1. The van der Waals surface area contributed by atoms with Crippen molar-refractivity contribution in [1.29, 1.82) is 0 Å². The number of aromatic nitrogens is 4. The van der Waals surface area contributed by atoms with Gasteiger partial charge in [-0.2, -0.15) is 5.10 Å². The number of benzene rings is 1.